The van der Waals surface area contributed by atoms with E-state index >= 15 is 0 Å². The molecule has 20 heavy (non-hydrogen) atoms. The first-order chi connectivity index (χ1) is 8.31. The smallest absolute Gasteiger partial charge is 0.475 e. The number of nitrogens with zero attached hydrogens (tertiary/aromatic N) is 1. The first-order valence-electron chi connectivity index (χ1n) is 5.25. The molecule has 0 aliphatic rings. The lowest BCUT2D eigenvalue weighted by Gasteiger charge is -2.24. The number of carbonyl (C=O) groups excluding carboxylic acids is 1. The third-order valence-electron chi connectivity index (χ3n) is 1.41. The molecule has 0 spiro atoms. The average Bonchev–Trinajstić information content (AvgIpc) is 2.14. The average molecular weight is 325 g/mol. The zero-order chi connectivity index (χ0) is 15.9. The molecule has 0 fully saturated rings. The fourth-order valence-electron chi connectivity index (χ4n) is 0.625. The molecule has 0 radical (unpaired) electrons. The van der Waals surface area contributed by atoms with Gasteiger partial charge in [0, 0.05) is 20.1 Å². The zero-order valence-electron chi connectivity index (χ0n) is 11.7. The molecule has 0 saturated carbocycles. The molecule has 122 valence electrons. The lowest BCUT2D eigenvalue weighted by atomic mass is 10.2. The van der Waals surface area contributed by atoms with E-state index in [0.717, 1.165) is 0 Å². The van der Waals surface area contributed by atoms with Gasteiger partial charge in [0.25, 0.3) is 0 Å². The topological polar surface area (TPSA) is 92.9 Å². The lowest BCUT2D eigenvalue weighted by molar-refractivity contribution is -0.192. The minimum absolute atomic E-state index is 0. The molecule has 0 aromatic carbocycles. The quantitative estimate of drug-likeness (QED) is 0.809. The van der Waals surface area contributed by atoms with Crippen molar-refractivity contribution >= 4 is 24.5 Å². The molecule has 0 aromatic heterocycles. The Kier molecular flexibility index (Phi) is 11.5. The SMILES string of the molecule is CN(CCN)C(=O)OC(C)(C)C.Cl.O=C(O)C(F)(F)F. The number of ether oxygens (including phenoxy) is 1. The second-order valence-electron chi connectivity index (χ2n) is 4.49. The Morgan fingerprint density at radius 3 is 1.80 bits per heavy atom. The normalized spacial score (nSPS) is 10.6. The number of hydrogen-bond donors (Lipinski definition) is 2. The van der Waals surface area contributed by atoms with Gasteiger partial charge in [0.2, 0.25) is 0 Å². The number of rotatable bonds is 2. The largest absolute Gasteiger partial charge is 0.490 e. The Morgan fingerprint density at radius 1 is 1.25 bits per heavy atom. The number of hydrogen-bond acceptors (Lipinski definition) is 4. The van der Waals surface area contributed by atoms with Gasteiger partial charge in [-0.1, -0.05) is 0 Å². The highest BCUT2D eigenvalue weighted by atomic mass is 35.5. The molecule has 0 heterocycles. The van der Waals surface area contributed by atoms with Gasteiger partial charge in [-0.15, -0.1) is 12.4 Å². The van der Waals surface area contributed by atoms with E-state index in [0.29, 0.717) is 13.1 Å². The number of carbonyl (C=O) groups is 2. The van der Waals surface area contributed by atoms with Gasteiger partial charge in [0.1, 0.15) is 5.60 Å². The fraction of sp³-hybridized carbons (Fsp3) is 0.800. The number of amides is 1. The Bertz CT molecular complexity index is 306. The number of nitrogens with two attached hydrogens (primary N) is 1. The van der Waals surface area contributed by atoms with Crippen molar-refractivity contribution in [2.24, 2.45) is 5.73 Å². The predicted molar refractivity (Wildman–Crippen MR) is 68.9 cm³/mol. The van der Waals surface area contributed by atoms with Crippen molar-refractivity contribution in [3.8, 4) is 0 Å². The summed E-state index contributed by atoms with van der Waals surface area (Å²) in [6.07, 6.45) is -5.41. The number of halogens is 4. The van der Waals surface area contributed by atoms with E-state index in [1.54, 1.807) is 7.05 Å². The summed E-state index contributed by atoms with van der Waals surface area (Å²) in [5.74, 6) is -2.76. The summed E-state index contributed by atoms with van der Waals surface area (Å²) < 4.78 is 36.8. The molecule has 1 amide bonds. The number of aliphatic carboxylic acids is 1. The molecule has 0 unspecified atom stereocenters. The van der Waals surface area contributed by atoms with Gasteiger partial charge in [0.15, 0.2) is 0 Å². The molecular formula is C10H20ClF3N2O4. The molecule has 0 rings (SSSR count). The van der Waals surface area contributed by atoms with Crippen LogP contribution in [-0.4, -0.2) is 54.0 Å². The highest BCUT2D eigenvalue weighted by molar-refractivity contribution is 5.85. The van der Waals surface area contributed by atoms with Crippen molar-refractivity contribution in [1.82, 2.24) is 4.90 Å². The molecule has 10 heteroatoms. The van der Waals surface area contributed by atoms with Crippen LogP contribution < -0.4 is 5.73 Å². The van der Waals surface area contributed by atoms with Crippen molar-refractivity contribution in [3.63, 3.8) is 0 Å². The van der Waals surface area contributed by atoms with Crippen LogP contribution in [0.1, 0.15) is 20.8 Å². The molecule has 0 aromatic rings. The highest BCUT2D eigenvalue weighted by Gasteiger charge is 2.38. The molecule has 6 nitrogen and oxygen atoms in total. The van der Waals surface area contributed by atoms with E-state index < -0.39 is 17.7 Å². The summed E-state index contributed by atoms with van der Waals surface area (Å²) in [4.78, 5) is 21.6. The van der Waals surface area contributed by atoms with Crippen molar-refractivity contribution in [1.29, 1.82) is 0 Å². The molecule has 3 N–H and O–H groups in total. The summed E-state index contributed by atoms with van der Waals surface area (Å²) in [5.41, 5.74) is 4.85. The maximum absolute atomic E-state index is 11.2. The first-order valence-corrected chi connectivity index (χ1v) is 5.25. The standard InChI is InChI=1S/C8H18N2O2.C2HF3O2.ClH/c1-8(2,3)12-7(11)10(4)6-5-9;3-2(4,5)1(6)7;/h5-6,9H2,1-4H3;(H,6,7);1H. The van der Waals surface area contributed by atoms with Crippen LogP contribution in [0, 0.1) is 0 Å². The van der Waals surface area contributed by atoms with Crippen molar-refractivity contribution in [3.05, 3.63) is 0 Å². The summed E-state index contributed by atoms with van der Waals surface area (Å²) in [6, 6.07) is 0. The van der Waals surface area contributed by atoms with Crippen LogP contribution in [0.5, 0.6) is 0 Å². The van der Waals surface area contributed by atoms with Crippen LogP contribution in [0.25, 0.3) is 0 Å². The Balaban J connectivity index is -0.000000312. The predicted octanol–water partition coefficient (Wildman–Crippen LogP) is 1.87. The maximum Gasteiger partial charge on any atom is 0.490 e. The summed E-state index contributed by atoms with van der Waals surface area (Å²) in [5, 5.41) is 7.12. The van der Waals surface area contributed by atoms with Crippen molar-refractivity contribution in [2.75, 3.05) is 20.1 Å². The van der Waals surface area contributed by atoms with E-state index in [1.807, 2.05) is 20.8 Å². The van der Waals surface area contributed by atoms with E-state index in [4.69, 9.17) is 20.4 Å². The van der Waals surface area contributed by atoms with E-state index in [1.165, 1.54) is 4.90 Å². The van der Waals surface area contributed by atoms with Gasteiger partial charge in [0.05, 0.1) is 0 Å². The van der Waals surface area contributed by atoms with Gasteiger partial charge in [-0.3, -0.25) is 0 Å². The van der Waals surface area contributed by atoms with Crippen LogP contribution in [0.15, 0.2) is 0 Å². The second kappa shape index (κ2) is 9.65. The van der Waals surface area contributed by atoms with Crippen molar-refractivity contribution < 1.29 is 32.6 Å². The monoisotopic (exact) mass is 324 g/mol. The van der Waals surface area contributed by atoms with Crippen LogP contribution in [0.4, 0.5) is 18.0 Å². The second-order valence-corrected chi connectivity index (χ2v) is 4.49. The van der Waals surface area contributed by atoms with Crippen LogP contribution >= 0.6 is 12.4 Å². The molecule has 0 aliphatic heterocycles. The van der Waals surface area contributed by atoms with E-state index in [2.05, 4.69) is 0 Å². The Hall–Kier alpha value is -1.22. The van der Waals surface area contributed by atoms with E-state index in [9.17, 15) is 18.0 Å². The zero-order valence-corrected chi connectivity index (χ0v) is 12.5. The van der Waals surface area contributed by atoms with Crippen LogP contribution in [0.2, 0.25) is 0 Å². The fourth-order valence-corrected chi connectivity index (χ4v) is 0.625. The molecule has 0 saturated heterocycles. The van der Waals surface area contributed by atoms with Crippen LogP contribution in [0.3, 0.4) is 0 Å². The maximum atomic E-state index is 11.2. The number of alkyl halides is 3. The number of carboxylic acids is 1. The molecule has 0 aliphatic carbocycles. The third-order valence-corrected chi connectivity index (χ3v) is 1.41. The number of carboxylic acid groups (broad SMARTS) is 1. The van der Waals surface area contributed by atoms with Crippen molar-refractivity contribution in [2.45, 2.75) is 32.5 Å². The summed E-state index contributed by atoms with van der Waals surface area (Å²) >= 11 is 0. The van der Waals surface area contributed by atoms with Gasteiger partial charge in [-0.2, -0.15) is 13.2 Å². The Labute approximate surface area is 121 Å². The first kappa shape index (κ1) is 23.8. The summed E-state index contributed by atoms with van der Waals surface area (Å²) in [7, 11) is 1.67. The molecule has 0 bridgehead atoms. The molecular weight excluding hydrogens is 305 g/mol. The van der Waals surface area contributed by atoms with Gasteiger partial charge < -0.3 is 20.5 Å². The molecule has 0 atom stereocenters. The Morgan fingerprint density at radius 2 is 1.60 bits per heavy atom. The van der Waals surface area contributed by atoms with Gasteiger partial charge >= 0.3 is 18.2 Å². The summed E-state index contributed by atoms with van der Waals surface area (Å²) in [6.45, 7) is 6.48. The van der Waals surface area contributed by atoms with Gasteiger partial charge in [-0.25, -0.2) is 9.59 Å². The minimum atomic E-state index is -5.08. The van der Waals surface area contributed by atoms with Crippen LogP contribution in [-0.2, 0) is 9.53 Å². The minimum Gasteiger partial charge on any atom is -0.475 e. The number of likely N-dealkylation sites (N-methyl/N-ethyl adjacent to an activating group) is 1. The third kappa shape index (κ3) is 14.8. The highest BCUT2D eigenvalue weighted by Crippen LogP contribution is 2.13. The van der Waals surface area contributed by atoms with E-state index in [-0.39, 0.29) is 18.5 Å². The lowest BCUT2D eigenvalue weighted by Crippen LogP contribution is -2.36. The van der Waals surface area contributed by atoms with Gasteiger partial charge in [-0.05, 0) is 20.8 Å².